The van der Waals surface area contributed by atoms with Gasteiger partial charge in [0.05, 0.1) is 25.7 Å². The van der Waals surface area contributed by atoms with Crippen LogP contribution < -0.4 is 4.74 Å². The predicted molar refractivity (Wildman–Crippen MR) is 89.0 cm³/mol. The van der Waals surface area contributed by atoms with Crippen LogP contribution in [0.4, 0.5) is 0 Å². The van der Waals surface area contributed by atoms with Crippen LogP contribution in [-0.2, 0) is 19.7 Å². The Hall–Kier alpha value is -1.59. The lowest BCUT2D eigenvalue weighted by Gasteiger charge is -2.44. The van der Waals surface area contributed by atoms with E-state index >= 15 is 0 Å². The summed E-state index contributed by atoms with van der Waals surface area (Å²) >= 11 is 0. The van der Waals surface area contributed by atoms with E-state index in [2.05, 4.69) is 0 Å². The molecule has 0 aromatic heterocycles. The topological polar surface area (TPSA) is 48.0 Å². The fourth-order valence-corrected chi connectivity index (χ4v) is 4.02. The first-order chi connectivity index (χ1) is 11.7. The van der Waals surface area contributed by atoms with Gasteiger partial charge in [0, 0.05) is 31.5 Å². The lowest BCUT2D eigenvalue weighted by Crippen LogP contribution is -2.53. The second kappa shape index (κ2) is 6.05. The molecule has 1 aliphatic carbocycles. The maximum absolute atomic E-state index is 13.2. The highest BCUT2D eigenvalue weighted by atomic mass is 16.7. The van der Waals surface area contributed by atoms with Crippen LogP contribution in [0.15, 0.2) is 24.3 Å². The van der Waals surface area contributed by atoms with E-state index in [0.29, 0.717) is 13.1 Å². The number of ether oxygens (including phenoxy) is 3. The number of benzene rings is 1. The summed E-state index contributed by atoms with van der Waals surface area (Å²) in [4.78, 5) is 15.2. The van der Waals surface area contributed by atoms with Gasteiger partial charge < -0.3 is 19.1 Å². The molecule has 5 nitrogen and oxygen atoms in total. The summed E-state index contributed by atoms with van der Waals surface area (Å²) in [5, 5.41) is 0. The molecule has 0 radical (unpaired) electrons. The fourth-order valence-electron chi connectivity index (χ4n) is 4.02. The summed E-state index contributed by atoms with van der Waals surface area (Å²) in [7, 11) is 1.67. The molecular weight excluding hydrogens is 306 g/mol. The average Bonchev–Trinajstić information content (AvgIpc) is 3.44. The monoisotopic (exact) mass is 331 g/mol. The summed E-state index contributed by atoms with van der Waals surface area (Å²) in [5.41, 5.74) is 0.647. The molecule has 1 aromatic rings. The second-order valence-corrected chi connectivity index (χ2v) is 7.04. The van der Waals surface area contributed by atoms with Crippen molar-refractivity contribution in [3.8, 4) is 5.75 Å². The Morgan fingerprint density at radius 2 is 1.75 bits per heavy atom. The van der Waals surface area contributed by atoms with Crippen molar-refractivity contribution in [2.24, 2.45) is 0 Å². The molecule has 2 saturated heterocycles. The number of amides is 1. The fraction of sp³-hybridized carbons (Fsp3) is 0.632. The number of nitrogens with zero attached hydrogens (tertiary/aromatic N) is 1. The highest BCUT2D eigenvalue weighted by Crippen LogP contribution is 2.53. The van der Waals surface area contributed by atoms with Gasteiger partial charge >= 0.3 is 0 Å². The minimum absolute atomic E-state index is 0.234. The van der Waals surface area contributed by atoms with Crippen molar-refractivity contribution in [3.05, 3.63) is 29.8 Å². The summed E-state index contributed by atoms with van der Waals surface area (Å²) in [6.45, 7) is 2.93. The molecule has 3 fully saturated rings. The largest absolute Gasteiger partial charge is 0.496 e. The number of carbonyl (C=O) groups is 1. The summed E-state index contributed by atoms with van der Waals surface area (Å²) in [5.74, 6) is 0.601. The van der Waals surface area contributed by atoms with Gasteiger partial charge in [-0.2, -0.15) is 0 Å². The summed E-state index contributed by atoms with van der Waals surface area (Å²) < 4.78 is 17.2. The number of methoxy groups -OCH3 is 1. The number of piperidine rings is 1. The van der Waals surface area contributed by atoms with E-state index < -0.39 is 5.79 Å². The molecule has 1 spiro atoms. The zero-order valence-electron chi connectivity index (χ0n) is 14.3. The molecule has 2 heterocycles. The smallest absolute Gasteiger partial charge is 0.233 e. The molecule has 0 atom stereocenters. The minimum Gasteiger partial charge on any atom is -0.496 e. The van der Waals surface area contributed by atoms with Crippen molar-refractivity contribution < 1.29 is 19.0 Å². The van der Waals surface area contributed by atoms with Gasteiger partial charge in [0.2, 0.25) is 5.91 Å². The van der Waals surface area contributed by atoms with Crippen LogP contribution in [0, 0.1) is 0 Å². The molecule has 1 aromatic carbocycles. The van der Waals surface area contributed by atoms with Gasteiger partial charge in [-0.15, -0.1) is 0 Å². The lowest BCUT2D eigenvalue weighted by molar-refractivity contribution is -0.282. The summed E-state index contributed by atoms with van der Waals surface area (Å²) in [6, 6.07) is 7.91. The standard InChI is InChI=1S/C19H25NO4/c1-22-16-6-3-2-5-15(16)18(7-8-18)17(21)20-11-9-19(10-12-20)23-13-4-14-24-19/h2-3,5-6H,4,7-14H2,1H3. The van der Waals surface area contributed by atoms with E-state index in [-0.39, 0.29) is 11.3 Å². The minimum atomic E-state index is -0.448. The zero-order valence-corrected chi connectivity index (χ0v) is 14.3. The van der Waals surface area contributed by atoms with Crippen LogP contribution in [0.5, 0.6) is 5.75 Å². The van der Waals surface area contributed by atoms with Crippen molar-refractivity contribution in [1.82, 2.24) is 4.90 Å². The Morgan fingerprint density at radius 3 is 2.38 bits per heavy atom. The molecule has 5 heteroatoms. The molecule has 1 saturated carbocycles. The molecular formula is C19H25NO4. The number of hydrogen-bond donors (Lipinski definition) is 0. The van der Waals surface area contributed by atoms with Gasteiger partial charge in [-0.1, -0.05) is 18.2 Å². The Labute approximate surface area is 142 Å². The average molecular weight is 331 g/mol. The maximum atomic E-state index is 13.2. The third kappa shape index (κ3) is 2.60. The number of para-hydroxylation sites is 1. The van der Waals surface area contributed by atoms with Crippen molar-refractivity contribution >= 4 is 5.91 Å². The first-order valence-electron chi connectivity index (χ1n) is 8.90. The van der Waals surface area contributed by atoms with Gasteiger partial charge in [0.1, 0.15) is 5.75 Å². The van der Waals surface area contributed by atoms with Crippen LogP contribution in [0.1, 0.15) is 37.7 Å². The molecule has 130 valence electrons. The van der Waals surface area contributed by atoms with Gasteiger partial charge in [0.25, 0.3) is 0 Å². The van der Waals surface area contributed by atoms with Crippen LogP contribution in [0.25, 0.3) is 0 Å². The van der Waals surface area contributed by atoms with E-state index in [4.69, 9.17) is 14.2 Å². The molecule has 0 unspecified atom stereocenters. The van der Waals surface area contributed by atoms with E-state index in [9.17, 15) is 4.79 Å². The Kier molecular flexibility index (Phi) is 4.01. The van der Waals surface area contributed by atoms with Crippen LogP contribution >= 0.6 is 0 Å². The van der Waals surface area contributed by atoms with Crippen molar-refractivity contribution in [1.29, 1.82) is 0 Å². The molecule has 2 aliphatic heterocycles. The Balaban J connectivity index is 1.48. The maximum Gasteiger partial charge on any atom is 0.233 e. The molecule has 0 bridgehead atoms. The molecule has 1 amide bonds. The number of likely N-dealkylation sites (tertiary alicyclic amines) is 1. The number of hydrogen-bond acceptors (Lipinski definition) is 4. The van der Waals surface area contributed by atoms with Crippen molar-refractivity contribution in [2.75, 3.05) is 33.4 Å². The van der Waals surface area contributed by atoms with Crippen molar-refractivity contribution in [2.45, 2.75) is 43.3 Å². The summed E-state index contributed by atoms with van der Waals surface area (Å²) in [6.07, 6.45) is 4.30. The van der Waals surface area contributed by atoms with Crippen LogP contribution in [-0.4, -0.2) is 50.0 Å². The highest BCUT2D eigenvalue weighted by Gasteiger charge is 2.55. The Bertz CT molecular complexity index is 610. The third-order valence-electron chi connectivity index (χ3n) is 5.61. The number of rotatable bonds is 3. The third-order valence-corrected chi connectivity index (χ3v) is 5.61. The van der Waals surface area contributed by atoms with E-state index in [1.54, 1.807) is 7.11 Å². The van der Waals surface area contributed by atoms with Crippen LogP contribution in [0.3, 0.4) is 0 Å². The second-order valence-electron chi connectivity index (χ2n) is 7.04. The lowest BCUT2D eigenvalue weighted by atomic mass is 9.91. The molecule has 3 aliphatic rings. The van der Waals surface area contributed by atoms with Gasteiger partial charge in [0.15, 0.2) is 5.79 Å². The van der Waals surface area contributed by atoms with Gasteiger partial charge in [-0.25, -0.2) is 0 Å². The first kappa shape index (κ1) is 15.9. The highest BCUT2D eigenvalue weighted by molar-refractivity contribution is 5.92. The zero-order chi connectivity index (χ0) is 16.6. The molecule has 24 heavy (non-hydrogen) atoms. The van der Waals surface area contributed by atoms with Gasteiger partial charge in [-0.3, -0.25) is 4.79 Å². The number of carbonyl (C=O) groups excluding carboxylic acids is 1. The van der Waals surface area contributed by atoms with Gasteiger partial charge in [-0.05, 0) is 25.3 Å². The van der Waals surface area contributed by atoms with E-state index in [1.165, 1.54) is 0 Å². The van der Waals surface area contributed by atoms with Crippen LogP contribution in [0.2, 0.25) is 0 Å². The molecule has 4 rings (SSSR count). The van der Waals surface area contributed by atoms with E-state index in [0.717, 1.165) is 56.6 Å². The normalized spacial score (nSPS) is 24.6. The SMILES string of the molecule is COc1ccccc1C1(C(=O)N2CCC3(CC2)OCCCO3)CC1. The molecule has 0 N–H and O–H groups in total. The quantitative estimate of drug-likeness (QED) is 0.854. The Morgan fingerprint density at radius 1 is 1.08 bits per heavy atom. The first-order valence-corrected chi connectivity index (χ1v) is 8.90. The van der Waals surface area contributed by atoms with E-state index in [1.807, 2.05) is 29.2 Å². The predicted octanol–water partition coefficient (Wildman–Crippen LogP) is 2.48. The van der Waals surface area contributed by atoms with Crippen molar-refractivity contribution in [3.63, 3.8) is 0 Å².